The molecule has 0 spiro atoms. The zero-order valence-electron chi connectivity index (χ0n) is 22.3. The summed E-state index contributed by atoms with van der Waals surface area (Å²) in [5.41, 5.74) is 8.07. The summed E-state index contributed by atoms with van der Waals surface area (Å²) in [7, 11) is 1.57. The number of rotatable bonds is 7. The fourth-order valence-corrected chi connectivity index (χ4v) is 4.94. The van der Waals surface area contributed by atoms with Crippen LogP contribution in [0.5, 0.6) is 0 Å². The summed E-state index contributed by atoms with van der Waals surface area (Å²) in [6.45, 7) is 4.10. The first-order valence-electron chi connectivity index (χ1n) is 13.0. The summed E-state index contributed by atoms with van der Waals surface area (Å²) in [5, 5.41) is 0.436. The Balaban J connectivity index is 1.66. The lowest BCUT2D eigenvalue weighted by Gasteiger charge is -2.26. The number of halogens is 3. The fraction of sp³-hybridized carbons (Fsp3) is 0.276. The van der Waals surface area contributed by atoms with Gasteiger partial charge in [0.15, 0.2) is 0 Å². The monoisotopic (exact) mass is 566 g/mol. The maximum absolute atomic E-state index is 13.4. The number of aromatic nitrogens is 3. The number of nitrogens with two attached hydrogens (primary N) is 1. The lowest BCUT2D eigenvalue weighted by atomic mass is 9.95. The second kappa shape index (κ2) is 11.6. The molecule has 41 heavy (non-hydrogen) atoms. The highest BCUT2D eigenvalue weighted by Crippen LogP contribution is 2.35. The SMILES string of the molecule is Cn1cc(-c2cc(=O)n(CCN3CCOCC3)cc2-c2ccccc2)c2cc(C(C=NC(F)(F)F)=CN)[nH]c2c1=O. The average molecular weight is 567 g/mol. The number of aromatic amines is 1. The Morgan fingerprint density at radius 3 is 2.46 bits per heavy atom. The molecule has 9 nitrogen and oxygen atoms in total. The average Bonchev–Trinajstić information content (AvgIpc) is 3.40. The minimum atomic E-state index is -4.78. The third kappa shape index (κ3) is 6.18. The Hall–Kier alpha value is -4.42. The van der Waals surface area contributed by atoms with Crippen molar-refractivity contribution in [1.82, 2.24) is 19.0 Å². The van der Waals surface area contributed by atoms with Crippen molar-refractivity contribution in [3.63, 3.8) is 0 Å². The summed E-state index contributed by atoms with van der Waals surface area (Å²) < 4.78 is 46.7. The summed E-state index contributed by atoms with van der Waals surface area (Å²) in [5.74, 6) is 0. The Morgan fingerprint density at radius 1 is 1.05 bits per heavy atom. The van der Waals surface area contributed by atoms with Crippen LogP contribution in [-0.4, -0.2) is 64.4 Å². The standard InChI is InChI=1S/C29H29F3N6O3/c1-36-17-24(22-13-25(35-27(22)28(36)40)20(15-33)16-34-29(30,31)32)21-14-26(39)38(8-7-37-9-11-41-12-10-37)18-23(21)19-5-3-2-4-6-19/h2-6,13-18,35H,7-12,33H2,1H3. The molecule has 5 rings (SSSR count). The van der Waals surface area contributed by atoms with Crippen molar-refractivity contribution < 1.29 is 17.9 Å². The van der Waals surface area contributed by atoms with E-state index in [1.165, 1.54) is 4.57 Å². The number of benzene rings is 1. The number of morpholine rings is 1. The van der Waals surface area contributed by atoms with Gasteiger partial charge in [0, 0.05) is 91.9 Å². The van der Waals surface area contributed by atoms with Crippen LogP contribution >= 0.6 is 0 Å². The largest absolute Gasteiger partial charge is 0.503 e. The number of pyridine rings is 2. The van der Waals surface area contributed by atoms with E-state index >= 15 is 0 Å². The van der Waals surface area contributed by atoms with Gasteiger partial charge < -0.3 is 24.6 Å². The van der Waals surface area contributed by atoms with Crippen molar-refractivity contribution in [1.29, 1.82) is 0 Å². The van der Waals surface area contributed by atoms with Crippen LogP contribution in [0.2, 0.25) is 0 Å². The lowest BCUT2D eigenvalue weighted by Crippen LogP contribution is -2.39. The number of hydrogen-bond donors (Lipinski definition) is 2. The highest BCUT2D eigenvalue weighted by Gasteiger charge is 2.25. The highest BCUT2D eigenvalue weighted by molar-refractivity contribution is 6.11. The minimum absolute atomic E-state index is 0.0478. The molecule has 0 atom stereocenters. The van der Waals surface area contributed by atoms with Gasteiger partial charge in [-0.05, 0) is 17.2 Å². The van der Waals surface area contributed by atoms with Gasteiger partial charge in [0.25, 0.3) is 11.1 Å². The van der Waals surface area contributed by atoms with Crippen molar-refractivity contribution in [2.75, 3.05) is 32.8 Å². The van der Waals surface area contributed by atoms with Crippen molar-refractivity contribution in [3.05, 3.63) is 87.5 Å². The zero-order chi connectivity index (χ0) is 29.1. The Kier molecular flexibility index (Phi) is 7.95. The first-order chi connectivity index (χ1) is 19.6. The van der Waals surface area contributed by atoms with E-state index in [2.05, 4.69) is 14.9 Å². The van der Waals surface area contributed by atoms with Crippen LogP contribution in [0.25, 0.3) is 38.7 Å². The van der Waals surface area contributed by atoms with Crippen molar-refractivity contribution in [2.24, 2.45) is 17.8 Å². The second-order valence-corrected chi connectivity index (χ2v) is 9.73. The van der Waals surface area contributed by atoms with Crippen molar-refractivity contribution in [2.45, 2.75) is 12.8 Å². The molecule has 0 amide bonds. The van der Waals surface area contributed by atoms with Gasteiger partial charge in [0.2, 0.25) is 0 Å². The number of ether oxygens (including phenoxy) is 1. The molecule has 1 saturated heterocycles. The van der Waals surface area contributed by atoms with E-state index in [0.717, 1.165) is 30.4 Å². The van der Waals surface area contributed by atoms with E-state index < -0.39 is 6.30 Å². The Bertz CT molecular complexity index is 1730. The molecule has 0 unspecified atom stereocenters. The van der Waals surface area contributed by atoms with E-state index in [9.17, 15) is 22.8 Å². The van der Waals surface area contributed by atoms with Crippen LogP contribution < -0.4 is 16.9 Å². The van der Waals surface area contributed by atoms with Gasteiger partial charge in [-0.3, -0.25) is 14.5 Å². The number of fused-ring (bicyclic) bond motifs is 1. The molecule has 1 aromatic carbocycles. The van der Waals surface area contributed by atoms with Crippen LogP contribution in [0.3, 0.4) is 0 Å². The van der Waals surface area contributed by atoms with E-state index in [4.69, 9.17) is 10.5 Å². The van der Waals surface area contributed by atoms with Crippen LogP contribution in [0, 0.1) is 0 Å². The normalized spacial score (nSPS) is 15.3. The number of aryl methyl sites for hydroxylation is 1. The van der Waals surface area contributed by atoms with Gasteiger partial charge in [0.1, 0.15) is 5.52 Å². The predicted octanol–water partition coefficient (Wildman–Crippen LogP) is 3.58. The van der Waals surface area contributed by atoms with Crippen molar-refractivity contribution >= 4 is 22.7 Å². The first kappa shape index (κ1) is 28.1. The maximum Gasteiger partial charge on any atom is 0.503 e. The summed E-state index contributed by atoms with van der Waals surface area (Å²) in [6.07, 6.45) is 0.239. The molecule has 214 valence electrons. The number of alkyl halides is 3. The van der Waals surface area contributed by atoms with E-state index in [1.807, 2.05) is 36.5 Å². The molecule has 1 fully saturated rings. The second-order valence-electron chi connectivity index (χ2n) is 9.73. The lowest BCUT2D eigenvalue weighted by molar-refractivity contribution is -0.118. The maximum atomic E-state index is 13.4. The smallest absolute Gasteiger partial charge is 0.404 e. The van der Waals surface area contributed by atoms with Crippen LogP contribution in [0.4, 0.5) is 13.2 Å². The first-order valence-corrected chi connectivity index (χ1v) is 13.0. The molecule has 1 aliphatic rings. The molecule has 3 N–H and O–H groups in total. The molecule has 0 radical (unpaired) electrons. The van der Waals surface area contributed by atoms with E-state index in [-0.39, 0.29) is 27.9 Å². The van der Waals surface area contributed by atoms with Crippen LogP contribution in [0.15, 0.2) is 75.6 Å². The highest BCUT2D eigenvalue weighted by atomic mass is 19.4. The molecule has 1 aliphatic heterocycles. The predicted molar refractivity (Wildman–Crippen MR) is 153 cm³/mol. The Morgan fingerprint density at radius 2 is 1.78 bits per heavy atom. The van der Waals surface area contributed by atoms with Gasteiger partial charge in [0.05, 0.1) is 13.2 Å². The Labute approximate surface area is 233 Å². The summed E-state index contributed by atoms with van der Waals surface area (Å²) in [4.78, 5) is 34.2. The number of H-pyrrole nitrogens is 1. The molecular weight excluding hydrogens is 537 g/mol. The van der Waals surface area contributed by atoms with Gasteiger partial charge in [-0.2, -0.15) is 4.99 Å². The topological polar surface area (TPSA) is 111 Å². The van der Waals surface area contributed by atoms with E-state index in [1.54, 1.807) is 29.9 Å². The van der Waals surface area contributed by atoms with Crippen molar-refractivity contribution in [3.8, 4) is 22.3 Å². The molecule has 0 saturated carbocycles. The third-order valence-electron chi connectivity index (χ3n) is 7.07. The molecular formula is C29H29F3N6O3. The number of allylic oxidation sites excluding steroid dienone is 1. The van der Waals surface area contributed by atoms with Crippen LogP contribution in [-0.2, 0) is 18.3 Å². The van der Waals surface area contributed by atoms with Gasteiger partial charge in [-0.15, -0.1) is 13.2 Å². The third-order valence-corrected chi connectivity index (χ3v) is 7.07. The van der Waals surface area contributed by atoms with Crippen LogP contribution in [0.1, 0.15) is 5.69 Å². The number of nitrogens with one attached hydrogen (secondary N) is 1. The number of hydrogen-bond acceptors (Lipinski definition) is 6. The van der Waals surface area contributed by atoms with Gasteiger partial charge in [-0.25, -0.2) is 0 Å². The molecule has 4 heterocycles. The summed E-state index contributed by atoms with van der Waals surface area (Å²) >= 11 is 0. The molecule has 0 aliphatic carbocycles. The molecule has 4 aromatic rings. The zero-order valence-corrected chi connectivity index (χ0v) is 22.3. The summed E-state index contributed by atoms with van der Waals surface area (Å²) in [6, 6.07) is 12.6. The van der Waals surface area contributed by atoms with Gasteiger partial charge >= 0.3 is 6.30 Å². The molecule has 3 aromatic heterocycles. The fourth-order valence-electron chi connectivity index (χ4n) is 4.94. The number of aliphatic imine (C=N–C) groups is 1. The van der Waals surface area contributed by atoms with Gasteiger partial charge in [-0.1, -0.05) is 30.3 Å². The number of nitrogens with zero attached hydrogens (tertiary/aromatic N) is 4. The minimum Gasteiger partial charge on any atom is -0.404 e. The quantitative estimate of drug-likeness (QED) is 0.263. The molecule has 0 bridgehead atoms. The molecule has 12 heteroatoms. The van der Waals surface area contributed by atoms with E-state index in [0.29, 0.717) is 49.0 Å².